The minimum Gasteiger partial charge on any atom is -0.383 e. The molecule has 0 radical (unpaired) electrons. The highest BCUT2D eigenvalue weighted by Crippen LogP contribution is 2.45. The lowest BCUT2D eigenvalue weighted by atomic mass is 9.84. The highest BCUT2D eigenvalue weighted by atomic mass is 15.0. The van der Waals surface area contributed by atoms with Crippen molar-refractivity contribution in [2.75, 3.05) is 0 Å². The van der Waals surface area contributed by atoms with Gasteiger partial charge in [0.05, 0.1) is 6.54 Å². The minimum atomic E-state index is 0.403. The van der Waals surface area contributed by atoms with E-state index < -0.39 is 0 Å². The number of aryl methyl sites for hydroxylation is 4. The Hall–Kier alpha value is -8.35. The lowest BCUT2D eigenvalue weighted by molar-refractivity contribution is 0.932. The van der Waals surface area contributed by atoms with Crippen LogP contribution in [0.2, 0.25) is 0 Å². The van der Waals surface area contributed by atoms with Gasteiger partial charge in [-0.25, -0.2) is 19.9 Å². The molecule has 0 spiro atoms. The molecule has 0 fully saturated rings. The van der Waals surface area contributed by atoms with E-state index in [1.165, 1.54) is 43.8 Å². The molecule has 0 amide bonds. The third-order valence-electron chi connectivity index (χ3n) is 12.4. The molecule has 10 rings (SSSR count). The van der Waals surface area contributed by atoms with E-state index in [-0.39, 0.29) is 0 Å². The highest BCUT2D eigenvalue weighted by Gasteiger charge is 2.19. The van der Waals surface area contributed by atoms with Crippen LogP contribution in [0.5, 0.6) is 0 Å². The SMILES string of the molecule is Cc1ccc(CN=C(N=C(N)c2ccc(-c3c(-c4ccc(-c5nc(Cc6ccc(C)cc6)nc(-c6ccc(C)cc6)n5)cc4)c4ccccc4c4ccccc34)cc2)c2ccc(C)cc2)cc1. The number of nitrogens with zero attached hydrogens (tertiary/aromatic N) is 5. The van der Waals surface area contributed by atoms with Crippen LogP contribution in [0.15, 0.2) is 204 Å². The second-order valence-electron chi connectivity index (χ2n) is 17.4. The van der Waals surface area contributed by atoms with E-state index in [2.05, 4.69) is 222 Å². The molecule has 6 nitrogen and oxygen atoms in total. The number of benzene rings is 9. The average Bonchev–Trinajstić information content (AvgIpc) is 3.36. The minimum absolute atomic E-state index is 0.403. The van der Waals surface area contributed by atoms with E-state index in [0.29, 0.717) is 36.3 Å². The summed E-state index contributed by atoms with van der Waals surface area (Å²) in [5.41, 5.74) is 22.0. The van der Waals surface area contributed by atoms with Crippen molar-refractivity contribution in [3.63, 3.8) is 0 Å². The third-order valence-corrected chi connectivity index (χ3v) is 12.4. The first-order valence-electron chi connectivity index (χ1n) is 22.8. The molecule has 0 aliphatic carbocycles. The Bertz CT molecular complexity index is 3440. The number of hydrogen-bond donors (Lipinski definition) is 1. The van der Waals surface area contributed by atoms with Crippen LogP contribution < -0.4 is 5.73 Å². The lowest BCUT2D eigenvalue weighted by Gasteiger charge is -2.19. The number of aliphatic imine (C=N–C) groups is 2. The number of hydrogen-bond acceptors (Lipinski definition) is 4. The summed E-state index contributed by atoms with van der Waals surface area (Å²) in [6.07, 6.45) is 0.602. The molecule has 0 bridgehead atoms. The van der Waals surface area contributed by atoms with Crippen molar-refractivity contribution < 1.29 is 0 Å². The second-order valence-corrected chi connectivity index (χ2v) is 17.4. The van der Waals surface area contributed by atoms with Crippen molar-refractivity contribution in [3.8, 4) is 45.0 Å². The van der Waals surface area contributed by atoms with Crippen LogP contribution in [0.25, 0.3) is 66.6 Å². The first-order chi connectivity index (χ1) is 32.7. The first kappa shape index (κ1) is 42.6. The molecule has 324 valence electrons. The fourth-order valence-corrected chi connectivity index (χ4v) is 8.61. The molecular weight excluding hydrogens is 817 g/mol. The van der Waals surface area contributed by atoms with E-state index >= 15 is 0 Å². The molecular formula is C61H50N6. The van der Waals surface area contributed by atoms with Gasteiger partial charge in [-0.05, 0) is 82.6 Å². The summed E-state index contributed by atoms with van der Waals surface area (Å²) >= 11 is 0. The van der Waals surface area contributed by atoms with Gasteiger partial charge in [-0.15, -0.1) is 0 Å². The van der Waals surface area contributed by atoms with E-state index in [1.54, 1.807) is 0 Å². The van der Waals surface area contributed by atoms with Gasteiger partial charge < -0.3 is 5.73 Å². The van der Waals surface area contributed by atoms with Crippen LogP contribution in [0, 0.1) is 27.7 Å². The standard InChI is InChI=1S/C61H50N6/c1-39-13-21-43(22-14-39)37-55-64-60(49-27-19-42(4)20-28-49)67-61(65-55)50-35-31-46(32-36-50)57-54-12-8-6-10-52(54)51-9-5-7-11-53(51)56(57)45-29-33-47(34-30-45)58(62)66-59(48-25-17-41(3)18-26-48)63-38-44-23-15-40(2)16-24-44/h5-36H,37-38H2,1-4H3,(H2,62,63,66). The van der Waals surface area contributed by atoms with Crippen LogP contribution in [-0.4, -0.2) is 26.6 Å². The average molecular weight is 867 g/mol. The summed E-state index contributed by atoms with van der Waals surface area (Å²) in [6, 6.07) is 68.1. The topological polar surface area (TPSA) is 89.4 Å². The van der Waals surface area contributed by atoms with Gasteiger partial charge in [0.2, 0.25) is 0 Å². The van der Waals surface area contributed by atoms with E-state index in [9.17, 15) is 0 Å². The van der Waals surface area contributed by atoms with E-state index in [0.717, 1.165) is 61.5 Å². The zero-order valence-electron chi connectivity index (χ0n) is 38.2. The molecule has 6 heteroatoms. The van der Waals surface area contributed by atoms with Crippen LogP contribution in [0.3, 0.4) is 0 Å². The van der Waals surface area contributed by atoms with Gasteiger partial charge in [-0.2, -0.15) is 0 Å². The molecule has 0 saturated heterocycles. The summed E-state index contributed by atoms with van der Waals surface area (Å²) in [7, 11) is 0. The Morgan fingerprint density at radius 2 is 0.791 bits per heavy atom. The Balaban J connectivity index is 1.04. The van der Waals surface area contributed by atoms with Crippen molar-refractivity contribution in [1.82, 2.24) is 15.0 Å². The molecule has 10 aromatic rings. The highest BCUT2D eigenvalue weighted by molar-refractivity contribution is 6.21. The number of rotatable bonds is 10. The van der Waals surface area contributed by atoms with Gasteiger partial charge in [-0.3, -0.25) is 4.99 Å². The molecule has 9 aromatic carbocycles. The number of amidine groups is 2. The summed E-state index contributed by atoms with van der Waals surface area (Å²) in [5, 5.41) is 4.73. The smallest absolute Gasteiger partial charge is 0.163 e. The Morgan fingerprint density at radius 1 is 0.403 bits per heavy atom. The predicted octanol–water partition coefficient (Wildman–Crippen LogP) is 14.0. The van der Waals surface area contributed by atoms with Crippen LogP contribution in [-0.2, 0) is 13.0 Å². The molecule has 0 aliphatic rings. The summed E-state index contributed by atoms with van der Waals surface area (Å²) in [5.74, 6) is 3.03. The maximum Gasteiger partial charge on any atom is 0.163 e. The first-order valence-corrected chi connectivity index (χ1v) is 22.8. The van der Waals surface area contributed by atoms with Gasteiger partial charge in [-0.1, -0.05) is 216 Å². The van der Waals surface area contributed by atoms with Gasteiger partial charge in [0.15, 0.2) is 17.5 Å². The molecule has 0 saturated carbocycles. The molecule has 0 unspecified atom stereocenters. The largest absolute Gasteiger partial charge is 0.383 e. The van der Waals surface area contributed by atoms with Crippen molar-refractivity contribution in [3.05, 3.63) is 244 Å². The molecule has 0 aliphatic heterocycles. The van der Waals surface area contributed by atoms with E-state index in [1.807, 2.05) is 0 Å². The van der Waals surface area contributed by atoms with E-state index in [4.69, 9.17) is 30.7 Å². The second kappa shape index (κ2) is 18.6. The van der Waals surface area contributed by atoms with Crippen LogP contribution >= 0.6 is 0 Å². The van der Waals surface area contributed by atoms with Crippen molar-refractivity contribution >= 4 is 33.2 Å². The lowest BCUT2D eigenvalue weighted by Crippen LogP contribution is -2.16. The van der Waals surface area contributed by atoms with Crippen LogP contribution in [0.1, 0.15) is 50.3 Å². The van der Waals surface area contributed by atoms with Crippen molar-refractivity contribution in [2.24, 2.45) is 15.7 Å². The molecule has 1 heterocycles. The summed E-state index contributed by atoms with van der Waals surface area (Å²) in [4.78, 5) is 25.0. The third kappa shape index (κ3) is 9.29. The number of aromatic nitrogens is 3. The summed E-state index contributed by atoms with van der Waals surface area (Å²) < 4.78 is 0. The Labute approximate surface area is 392 Å². The quantitative estimate of drug-likeness (QED) is 0.0842. The van der Waals surface area contributed by atoms with Gasteiger partial charge in [0.25, 0.3) is 0 Å². The van der Waals surface area contributed by atoms with Crippen molar-refractivity contribution in [1.29, 1.82) is 0 Å². The Kier molecular flexibility index (Phi) is 11.8. The monoisotopic (exact) mass is 866 g/mol. The van der Waals surface area contributed by atoms with Crippen LogP contribution in [0.4, 0.5) is 0 Å². The number of fused-ring (bicyclic) bond motifs is 3. The molecule has 67 heavy (non-hydrogen) atoms. The maximum absolute atomic E-state index is 6.85. The van der Waals surface area contributed by atoms with Crippen molar-refractivity contribution in [2.45, 2.75) is 40.7 Å². The van der Waals surface area contributed by atoms with Gasteiger partial charge >= 0.3 is 0 Å². The predicted molar refractivity (Wildman–Crippen MR) is 279 cm³/mol. The van der Waals surface area contributed by atoms with Gasteiger partial charge in [0.1, 0.15) is 11.7 Å². The molecule has 1 aromatic heterocycles. The van der Waals surface area contributed by atoms with Gasteiger partial charge in [0, 0.05) is 28.7 Å². The normalized spacial score (nSPS) is 11.9. The fraction of sp³-hybridized carbons (Fsp3) is 0.0984. The zero-order valence-corrected chi connectivity index (χ0v) is 38.2. The molecule has 0 atom stereocenters. The molecule has 2 N–H and O–H groups in total. The maximum atomic E-state index is 6.85. The number of nitrogens with two attached hydrogens (primary N) is 1. The Morgan fingerprint density at radius 3 is 1.30 bits per heavy atom. The zero-order chi connectivity index (χ0) is 45.9. The fourth-order valence-electron chi connectivity index (χ4n) is 8.61. The summed E-state index contributed by atoms with van der Waals surface area (Å²) in [6.45, 7) is 8.85.